The number of nitrogens with one attached hydrogen (secondary N) is 3. The molecule has 5 heteroatoms. The van der Waals surface area contributed by atoms with Crippen molar-refractivity contribution >= 4 is 5.71 Å². The Hall–Kier alpha value is -1.30. The molecule has 0 amide bonds. The number of allylic oxidation sites excluding steroid dienone is 3. The van der Waals surface area contributed by atoms with Crippen molar-refractivity contribution in [1.29, 1.82) is 5.41 Å². The summed E-state index contributed by atoms with van der Waals surface area (Å²) < 4.78 is 12.7. The third-order valence-electron chi connectivity index (χ3n) is 10.8. The molecule has 246 valence electrons. The highest BCUT2D eigenvalue weighted by atomic mass is 19.1. The van der Waals surface area contributed by atoms with Crippen LogP contribution in [0.25, 0.3) is 0 Å². The average Bonchev–Trinajstić information content (AvgIpc) is 3.56. The lowest BCUT2D eigenvalue weighted by Crippen LogP contribution is -2.50. The van der Waals surface area contributed by atoms with Gasteiger partial charge in [0.15, 0.2) is 0 Å². The highest BCUT2D eigenvalue weighted by molar-refractivity contribution is 5.82. The van der Waals surface area contributed by atoms with Crippen LogP contribution in [0, 0.1) is 39.9 Å². The summed E-state index contributed by atoms with van der Waals surface area (Å²) in [6.45, 7) is 26.6. The first-order chi connectivity index (χ1) is 20.0. The highest BCUT2D eigenvalue weighted by Crippen LogP contribution is 2.66. The molecule has 8 atom stereocenters. The fourth-order valence-corrected chi connectivity index (χ4v) is 8.65. The van der Waals surface area contributed by atoms with Crippen molar-refractivity contribution in [2.24, 2.45) is 40.2 Å². The van der Waals surface area contributed by atoms with Gasteiger partial charge in [0, 0.05) is 23.7 Å². The van der Waals surface area contributed by atoms with Crippen molar-refractivity contribution in [3.8, 4) is 0 Å². The molecular weight excluding hydrogens is 519 g/mol. The first kappa shape index (κ1) is 40.7. The van der Waals surface area contributed by atoms with E-state index in [4.69, 9.17) is 5.41 Å². The van der Waals surface area contributed by atoms with Crippen LogP contribution in [0.2, 0.25) is 0 Å². The number of nitrogens with two attached hydrogens (primary N) is 1. The molecule has 0 aromatic heterocycles. The largest absolute Gasteiger partial charge is 0.333 e. The van der Waals surface area contributed by atoms with Crippen molar-refractivity contribution in [1.82, 2.24) is 10.6 Å². The summed E-state index contributed by atoms with van der Waals surface area (Å²) in [5, 5.41) is 14.4. The van der Waals surface area contributed by atoms with Gasteiger partial charge in [-0.15, -0.1) is 13.2 Å². The summed E-state index contributed by atoms with van der Waals surface area (Å²) in [6.07, 6.45) is 17.1. The third kappa shape index (κ3) is 10.4. The summed E-state index contributed by atoms with van der Waals surface area (Å²) in [5.74, 6) is 3.13. The predicted octanol–water partition coefficient (Wildman–Crippen LogP) is 9.28. The number of alkyl halides is 1. The fourth-order valence-electron chi connectivity index (χ4n) is 8.65. The Morgan fingerprint density at radius 2 is 1.71 bits per heavy atom. The number of hydrogen-bond donors (Lipinski definition) is 4. The summed E-state index contributed by atoms with van der Waals surface area (Å²) >= 11 is 0. The van der Waals surface area contributed by atoms with E-state index in [2.05, 4.69) is 90.6 Å². The molecule has 8 unspecified atom stereocenters. The molecule has 4 rings (SSSR count). The molecule has 0 radical (unpaired) electrons. The van der Waals surface area contributed by atoms with Crippen molar-refractivity contribution in [3.63, 3.8) is 0 Å². The first-order valence-corrected chi connectivity index (χ1v) is 17.0. The molecule has 1 heterocycles. The molecule has 0 aromatic carbocycles. The monoisotopic (exact) mass is 591 g/mol. The van der Waals surface area contributed by atoms with Gasteiger partial charge in [-0.05, 0) is 114 Å². The molecule has 1 aliphatic heterocycles. The second kappa shape index (κ2) is 20.6. The zero-order valence-corrected chi connectivity index (χ0v) is 29.3. The standard InChI is InChI=1S/C23H37N.C7H14FN.C4H11N.C2H4.CH5N/c1-6-8-17-9-10-18-20-12-11-19(16(3)24)23(20,5)15-13-21(18)22(17,4)14-7-2;1-2-3-7-6(8)4-5-9-7;1-4(2)5-3;2*1-2/h6,8,18-21,24H,1,7,9-15H2,2-5H3;6-7,9H,2-5H2,1H3;4-5H,1-3H3;1-2H2;2H2,1H3/b17-8-,24-16?;;;;. The van der Waals surface area contributed by atoms with Crippen LogP contribution >= 0.6 is 0 Å². The maximum absolute atomic E-state index is 12.7. The van der Waals surface area contributed by atoms with Crippen molar-refractivity contribution < 1.29 is 4.39 Å². The lowest BCUT2D eigenvalue weighted by atomic mass is 9.47. The van der Waals surface area contributed by atoms with E-state index < -0.39 is 6.17 Å². The topological polar surface area (TPSA) is 73.9 Å². The van der Waals surface area contributed by atoms with Gasteiger partial charge >= 0.3 is 0 Å². The molecule has 0 spiro atoms. The lowest BCUT2D eigenvalue weighted by molar-refractivity contribution is -0.0408. The highest BCUT2D eigenvalue weighted by Gasteiger charge is 2.58. The maximum Gasteiger partial charge on any atom is 0.117 e. The van der Waals surface area contributed by atoms with Crippen molar-refractivity contribution in [2.75, 3.05) is 20.6 Å². The minimum atomic E-state index is -0.579. The van der Waals surface area contributed by atoms with Crippen LogP contribution in [0.4, 0.5) is 4.39 Å². The normalized spacial score (nSPS) is 35.5. The van der Waals surface area contributed by atoms with Crippen LogP contribution in [0.1, 0.15) is 119 Å². The number of rotatable bonds is 7. The molecule has 4 nitrogen and oxygen atoms in total. The number of hydrogen-bond acceptors (Lipinski definition) is 4. The molecule has 0 aromatic rings. The Kier molecular flexibility index (Phi) is 20.0. The average molecular weight is 591 g/mol. The smallest absolute Gasteiger partial charge is 0.117 e. The quantitative estimate of drug-likeness (QED) is 0.176. The van der Waals surface area contributed by atoms with E-state index in [-0.39, 0.29) is 6.04 Å². The minimum absolute atomic E-state index is 0.162. The van der Waals surface area contributed by atoms with E-state index in [0.717, 1.165) is 42.9 Å². The summed E-state index contributed by atoms with van der Waals surface area (Å²) in [5.41, 5.74) is 7.89. The number of fused-ring (bicyclic) bond motifs is 3. The van der Waals surface area contributed by atoms with Crippen LogP contribution in [0.3, 0.4) is 0 Å². The molecule has 1 saturated heterocycles. The Balaban J connectivity index is 0.000000769. The second-order valence-electron chi connectivity index (χ2n) is 13.5. The van der Waals surface area contributed by atoms with Gasteiger partial charge < -0.3 is 21.8 Å². The molecule has 4 fully saturated rings. The van der Waals surface area contributed by atoms with Crippen molar-refractivity contribution in [2.45, 2.75) is 137 Å². The Labute approximate surface area is 261 Å². The molecule has 4 aliphatic rings. The van der Waals surface area contributed by atoms with Crippen LogP contribution in [-0.4, -0.2) is 44.6 Å². The van der Waals surface area contributed by atoms with Gasteiger partial charge in [-0.2, -0.15) is 0 Å². The number of halogens is 1. The van der Waals surface area contributed by atoms with Crippen LogP contribution in [0.5, 0.6) is 0 Å². The van der Waals surface area contributed by atoms with E-state index >= 15 is 0 Å². The van der Waals surface area contributed by atoms with E-state index in [9.17, 15) is 4.39 Å². The zero-order valence-electron chi connectivity index (χ0n) is 29.3. The van der Waals surface area contributed by atoms with Crippen LogP contribution < -0.4 is 16.4 Å². The van der Waals surface area contributed by atoms with E-state index in [0.29, 0.717) is 29.2 Å². The molecule has 5 N–H and O–H groups in total. The van der Waals surface area contributed by atoms with E-state index in [1.165, 1.54) is 58.4 Å². The maximum atomic E-state index is 12.7. The van der Waals surface area contributed by atoms with E-state index in [1.54, 1.807) is 5.57 Å². The summed E-state index contributed by atoms with van der Waals surface area (Å²) in [6, 6.07) is 0.796. The van der Waals surface area contributed by atoms with Gasteiger partial charge in [0.05, 0.1) is 0 Å². The summed E-state index contributed by atoms with van der Waals surface area (Å²) in [7, 11) is 3.45. The third-order valence-corrected chi connectivity index (χ3v) is 10.8. The molecular formula is C37H71FN4. The fraction of sp³-hybridized carbons (Fsp3) is 0.811. The zero-order chi connectivity index (χ0) is 32.5. The predicted molar refractivity (Wildman–Crippen MR) is 186 cm³/mol. The van der Waals surface area contributed by atoms with Gasteiger partial charge in [-0.3, -0.25) is 0 Å². The SMILES string of the molecule is C=C.C=C/C=C1/CCC2C(CCC3(C)C(C(C)=N)CCC23)C1(C)CCC.CCCC1NCCC1F.CN.CNC(C)C. The van der Waals surface area contributed by atoms with E-state index in [1.807, 2.05) is 13.1 Å². The Morgan fingerprint density at radius 1 is 1.10 bits per heavy atom. The lowest BCUT2D eigenvalue weighted by Gasteiger charge is -2.57. The first-order valence-electron chi connectivity index (χ1n) is 17.0. The van der Waals surface area contributed by atoms with Gasteiger partial charge in [-0.25, -0.2) is 4.39 Å². The molecule has 3 aliphatic carbocycles. The molecule has 42 heavy (non-hydrogen) atoms. The Bertz CT molecular complexity index is 795. The Morgan fingerprint density at radius 3 is 2.17 bits per heavy atom. The van der Waals surface area contributed by atoms with Gasteiger partial charge in [0.25, 0.3) is 0 Å². The summed E-state index contributed by atoms with van der Waals surface area (Å²) in [4.78, 5) is 0. The second-order valence-corrected chi connectivity index (χ2v) is 13.5. The molecule has 3 saturated carbocycles. The van der Waals surface area contributed by atoms with Gasteiger partial charge in [0.1, 0.15) is 6.17 Å². The van der Waals surface area contributed by atoms with Crippen LogP contribution in [0.15, 0.2) is 37.5 Å². The minimum Gasteiger partial charge on any atom is -0.333 e. The molecule has 0 bridgehead atoms. The van der Waals surface area contributed by atoms with Crippen molar-refractivity contribution in [3.05, 3.63) is 37.5 Å². The van der Waals surface area contributed by atoms with Gasteiger partial charge in [-0.1, -0.05) is 78.7 Å². The van der Waals surface area contributed by atoms with Gasteiger partial charge in [0.2, 0.25) is 0 Å². The van der Waals surface area contributed by atoms with Crippen LogP contribution in [-0.2, 0) is 0 Å².